The summed E-state index contributed by atoms with van der Waals surface area (Å²) in [5.74, 6) is 2.02. The first kappa shape index (κ1) is 19.3. The highest BCUT2D eigenvalue weighted by Crippen LogP contribution is 2.19. The fraction of sp³-hybridized carbons (Fsp3) is 0.238. The summed E-state index contributed by atoms with van der Waals surface area (Å²) in [4.78, 5) is 25.4. The smallest absolute Gasteiger partial charge is 0.224 e. The Kier molecular flexibility index (Phi) is 6.16. The molecule has 7 nitrogen and oxygen atoms in total. The average molecular weight is 377 g/mol. The molecular weight excluding hydrogens is 354 g/mol. The number of carbonyl (C=O) groups is 1. The number of aromatic nitrogens is 3. The molecule has 0 radical (unpaired) electrons. The van der Waals surface area contributed by atoms with E-state index in [0.29, 0.717) is 24.6 Å². The van der Waals surface area contributed by atoms with Crippen LogP contribution in [0.4, 0.5) is 5.82 Å². The molecule has 1 amide bonds. The van der Waals surface area contributed by atoms with Crippen LogP contribution < -0.4 is 15.4 Å². The van der Waals surface area contributed by atoms with Gasteiger partial charge in [0.15, 0.2) is 5.82 Å². The van der Waals surface area contributed by atoms with Gasteiger partial charge in [0, 0.05) is 31.1 Å². The largest absolute Gasteiger partial charge is 0.496 e. The molecule has 2 N–H and O–H groups in total. The van der Waals surface area contributed by atoms with E-state index in [1.165, 1.54) is 0 Å². The SMILES string of the molecule is CNc1cc(CNC(=O)Cc2ccc(OC)c(C)c2)nc(-c2ccncc2)n1. The molecule has 2 aromatic heterocycles. The van der Waals surface area contributed by atoms with Crippen molar-refractivity contribution in [3.8, 4) is 17.1 Å². The number of nitrogens with zero attached hydrogens (tertiary/aromatic N) is 3. The molecule has 3 aromatic rings. The van der Waals surface area contributed by atoms with Gasteiger partial charge in [0.2, 0.25) is 5.91 Å². The van der Waals surface area contributed by atoms with Gasteiger partial charge in [0.05, 0.1) is 25.8 Å². The lowest BCUT2D eigenvalue weighted by Crippen LogP contribution is -2.25. The minimum Gasteiger partial charge on any atom is -0.496 e. The van der Waals surface area contributed by atoms with Crippen LogP contribution in [0.1, 0.15) is 16.8 Å². The number of pyridine rings is 1. The van der Waals surface area contributed by atoms with E-state index in [4.69, 9.17) is 4.74 Å². The predicted molar refractivity (Wildman–Crippen MR) is 108 cm³/mol. The molecule has 0 aliphatic rings. The van der Waals surface area contributed by atoms with Crippen molar-refractivity contribution in [3.63, 3.8) is 0 Å². The Balaban J connectivity index is 1.68. The lowest BCUT2D eigenvalue weighted by molar-refractivity contribution is -0.120. The number of ether oxygens (including phenoxy) is 1. The van der Waals surface area contributed by atoms with Crippen LogP contribution in [-0.2, 0) is 17.8 Å². The minimum atomic E-state index is -0.0698. The third kappa shape index (κ3) is 4.82. The number of nitrogens with one attached hydrogen (secondary N) is 2. The standard InChI is InChI=1S/C21H23N5O2/c1-14-10-15(4-5-18(14)28-3)11-20(27)24-13-17-12-19(22-2)26-21(25-17)16-6-8-23-9-7-16/h4-10,12H,11,13H2,1-3H3,(H,24,27)(H,22,25,26). The molecule has 0 unspecified atom stereocenters. The van der Waals surface area contributed by atoms with Crippen LogP contribution in [0.15, 0.2) is 48.8 Å². The molecule has 0 bridgehead atoms. The zero-order valence-electron chi connectivity index (χ0n) is 16.2. The summed E-state index contributed by atoms with van der Waals surface area (Å²) in [6.45, 7) is 2.28. The monoisotopic (exact) mass is 377 g/mol. The summed E-state index contributed by atoms with van der Waals surface area (Å²) >= 11 is 0. The van der Waals surface area contributed by atoms with Crippen molar-refractivity contribution in [1.29, 1.82) is 0 Å². The molecule has 1 aromatic carbocycles. The third-order valence-corrected chi connectivity index (χ3v) is 4.26. The highest BCUT2D eigenvalue weighted by atomic mass is 16.5. The molecular formula is C21H23N5O2. The lowest BCUT2D eigenvalue weighted by Gasteiger charge is -2.10. The Morgan fingerprint density at radius 1 is 1.11 bits per heavy atom. The van der Waals surface area contributed by atoms with Crippen molar-refractivity contribution < 1.29 is 9.53 Å². The summed E-state index contributed by atoms with van der Waals surface area (Å²) in [6, 6.07) is 11.3. The predicted octanol–water partition coefficient (Wildman–Crippen LogP) is 2.76. The van der Waals surface area contributed by atoms with Crippen molar-refractivity contribution >= 4 is 11.7 Å². The number of anilines is 1. The maximum absolute atomic E-state index is 12.4. The number of aryl methyl sites for hydroxylation is 1. The van der Waals surface area contributed by atoms with Crippen LogP contribution in [0.3, 0.4) is 0 Å². The van der Waals surface area contributed by atoms with Gasteiger partial charge in [-0.3, -0.25) is 9.78 Å². The van der Waals surface area contributed by atoms with E-state index >= 15 is 0 Å². The lowest BCUT2D eigenvalue weighted by atomic mass is 10.1. The summed E-state index contributed by atoms with van der Waals surface area (Å²) in [6.07, 6.45) is 3.69. The molecule has 3 rings (SSSR count). The van der Waals surface area contributed by atoms with Crippen LogP contribution in [0, 0.1) is 6.92 Å². The van der Waals surface area contributed by atoms with Crippen LogP contribution in [0.25, 0.3) is 11.4 Å². The maximum atomic E-state index is 12.4. The van der Waals surface area contributed by atoms with Gasteiger partial charge in [-0.15, -0.1) is 0 Å². The fourth-order valence-corrected chi connectivity index (χ4v) is 2.83. The first-order chi connectivity index (χ1) is 13.6. The molecule has 144 valence electrons. The summed E-state index contributed by atoms with van der Waals surface area (Å²) in [5.41, 5.74) is 3.54. The van der Waals surface area contributed by atoms with Gasteiger partial charge < -0.3 is 15.4 Å². The minimum absolute atomic E-state index is 0.0698. The first-order valence-electron chi connectivity index (χ1n) is 8.95. The number of carbonyl (C=O) groups excluding carboxylic acids is 1. The van der Waals surface area contributed by atoms with E-state index in [9.17, 15) is 4.79 Å². The quantitative estimate of drug-likeness (QED) is 0.658. The average Bonchev–Trinajstić information content (AvgIpc) is 2.73. The zero-order valence-corrected chi connectivity index (χ0v) is 16.2. The maximum Gasteiger partial charge on any atom is 0.224 e. The molecule has 0 spiro atoms. The third-order valence-electron chi connectivity index (χ3n) is 4.26. The molecule has 0 fully saturated rings. The van der Waals surface area contributed by atoms with Crippen molar-refractivity contribution in [1.82, 2.24) is 20.3 Å². The fourth-order valence-electron chi connectivity index (χ4n) is 2.83. The Hall–Kier alpha value is -3.48. The van der Waals surface area contributed by atoms with E-state index in [2.05, 4.69) is 25.6 Å². The van der Waals surface area contributed by atoms with Crippen molar-refractivity contribution in [2.45, 2.75) is 19.9 Å². The molecule has 2 heterocycles. The van der Waals surface area contributed by atoms with Gasteiger partial charge in [0.1, 0.15) is 11.6 Å². The number of rotatable bonds is 7. The summed E-state index contributed by atoms with van der Waals surface area (Å²) in [7, 11) is 3.43. The molecule has 0 aliphatic carbocycles. The van der Waals surface area contributed by atoms with E-state index < -0.39 is 0 Å². The Morgan fingerprint density at radius 2 is 1.89 bits per heavy atom. The Morgan fingerprint density at radius 3 is 2.57 bits per heavy atom. The molecule has 28 heavy (non-hydrogen) atoms. The normalized spacial score (nSPS) is 10.4. The van der Waals surface area contributed by atoms with Gasteiger partial charge in [-0.1, -0.05) is 12.1 Å². The van der Waals surface area contributed by atoms with E-state index in [1.54, 1.807) is 26.6 Å². The number of amides is 1. The summed E-state index contributed by atoms with van der Waals surface area (Å²) < 4.78 is 5.26. The molecule has 0 saturated heterocycles. The van der Waals surface area contributed by atoms with E-state index in [1.807, 2.05) is 43.3 Å². The Bertz CT molecular complexity index is 960. The van der Waals surface area contributed by atoms with Gasteiger partial charge >= 0.3 is 0 Å². The summed E-state index contributed by atoms with van der Waals surface area (Å²) in [5, 5.41) is 5.96. The number of methoxy groups -OCH3 is 1. The second-order valence-electron chi connectivity index (χ2n) is 6.31. The zero-order chi connectivity index (χ0) is 19.9. The van der Waals surface area contributed by atoms with Crippen LogP contribution in [-0.4, -0.2) is 35.0 Å². The highest BCUT2D eigenvalue weighted by Gasteiger charge is 2.09. The molecule has 0 saturated carbocycles. The number of hydrogen-bond donors (Lipinski definition) is 2. The Labute approximate surface area is 164 Å². The van der Waals surface area contributed by atoms with Gasteiger partial charge in [-0.25, -0.2) is 9.97 Å². The van der Waals surface area contributed by atoms with E-state index in [-0.39, 0.29) is 5.91 Å². The molecule has 0 aliphatic heterocycles. The van der Waals surface area contributed by atoms with Crippen molar-refractivity contribution in [3.05, 3.63) is 65.6 Å². The number of benzene rings is 1. The van der Waals surface area contributed by atoms with Crippen LogP contribution >= 0.6 is 0 Å². The van der Waals surface area contributed by atoms with Crippen LogP contribution in [0.5, 0.6) is 5.75 Å². The van der Waals surface area contributed by atoms with E-state index in [0.717, 1.165) is 28.1 Å². The van der Waals surface area contributed by atoms with Gasteiger partial charge in [-0.2, -0.15) is 0 Å². The second kappa shape index (κ2) is 8.94. The van der Waals surface area contributed by atoms with Crippen LogP contribution in [0.2, 0.25) is 0 Å². The molecule has 7 heteroatoms. The molecule has 0 atom stereocenters. The van der Waals surface area contributed by atoms with Gasteiger partial charge in [-0.05, 0) is 36.2 Å². The topological polar surface area (TPSA) is 89.0 Å². The highest BCUT2D eigenvalue weighted by molar-refractivity contribution is 5.78. The van der Waals surface area contributed by atoms with Crippen molar-refractivity contribution in [2.24, 2.45) is 0 Å². The number of hydrogen-bond acceptors (Lipinski definition) is 6. The van der Waals surface area contributed by atoms with Gasteiger partial charge in [0.25, 0.3) is 0 Å². The second-order valence-corrected chi connectivity index (χ2v) is 6.31. The first-order valence-corrected chi connectivity index (χ1v) is 8.95. The van der Waals surface area contributed by atoms with Crippen molar-refractivity contribution in [2.75, 3.05) is 19.5 Å².